The van der Waals surface area contributed by atoms with Crippen LogP contribution in [0.5, 0.6) is 0 Å². The van der Waals surface area contributed by atoms with Crippen LogP contribution in [0.1, 0.15) is 40.7 Å². The van der Waals surface area contributed by atoms with E-state index in [0.717, 1.165) is 33.5 Å². The number of rotatable bonds is 25. The minimum absolute atomic E-state index is 0.0436. The molecule has 3 aromatic carbocycles. The predicted molar refractivity (Wildman–Crippen MR) is 210 cm³/mol. The lowest BCUT2D eigenvalue weighted by Gasteiger charge is -2.10. The fourth-order valence-electron chi connectivity index (χ4n) is 4.42. The molecule has 0 aliphatic rings. The first-order valence-electron chi connectivity index (χ1n) is 18.0. The van der Waals surface area contributed by atoms with E-state index in [1.807, 2.05) is 19.1 Å². The summed E-state index contributed by atoms with van der Waals surface area (Å²) in [5.74, 6) is -0.605. The largest absolute Gasteiger partial charge is 0.469 e. The average molecular weight is 827 g/mol. The molecule has 0 amide bonds. The average Bonchev–Trinajstić information content (AvgIpc) is 3.22. The molecule has 17 nitrogen and oxygen atoms in total. The number of benzene rings is 3. The lowest BCUT2D eigenvalue weighted by atomic mass is 10.1. The summed E-state index contributed by atoms with van der Waals surface area (Å²) < 4.78 is 58.7. The van der Waals surface area contributed by atoms with Crippen molar-refractivity contribution in [1.82, 2.24) is 0 Å². The zero-order valence-electron chi connectivity index (χ0n) is 32.9. The van der Waals surface area contributed by atoms with Gasteiger partial charge in [-0.05, 0) is 65.6 Å². The lowest BCUT2D eigenvalue weighted by molar-refractivity contribution is -0.142. The fourth-order valence-corrected chi connectivity index (χ4v) is 5.32. The molecule has 0 radical (unpaired) electrons. The van der Waals surface area contributed by atoms with Crippen LogP contribution in [0, 0.1) is 6.92 Å². The van der Waals surface area contributed by atoms with Crippen LogP contribution in [0.2, 0.25) is 0 Å². The third-order valence-electron chi connectivity index (χ3n) is 7.31. The number of esters is 2. The molecule has 0 spiro atoms. The molecule has 3 rings (SSSR count). The molecular formula is C39H58N2O15S. The SMILES string of the molecule is COC(=O)CCOCCNc1cc(CO)cc(CO)c1.COC(=O)CCOCCOCCOCCOS(=O)(=O)c1ccc(C)cc1.Nc1cc(CO)cc(CO)c1. The van der Waals surface area contributed by atoms with E-state index < -0.39 is 10.1 Å². The summed E-state index contributed by atoms with van der Waals surface area (Å²) in [6.07, 6.45) is 0.455. The van der Waals surface area contributed by atoms with E-state index in [1.54, 1.807) is 36.4 Å². The van der Waals surface area contributed by atoms with Crippen molar-refractivity contribution in [3.63, 3.8) is 0 Å². The van der Waals surface area contributed by atoms with E-state index in [9.17, 15) is 18.0 Å². The van der Waals surface area contributed by atoms with Crippen LogP contribution in [0.15, 0.2) is 65.6 Å². The molecular weight excluding hydrogens is 768 g/mol. The third kappa shape index (κ3) is 24.2. The number of carbonyl (C=O) groups is 2. The number of ether oxygens (including phenoxy) is 6. The molecule has 3 aromatic rings. The van der Waals surface area contributed by atoms with Gasteiger partial charge in [0.2, 0.25) is 0 Å². The van der Waals surface area contributed by atoms with Crippen molar-refractivity contribution in [2.24, 2.45) is 0 Å². The Morgan fingerprint density at radius 1 is 0.596 bits per heavy atom. The number of hydrogen-bond acceptors (Lipinski definition) is 17. The summed E-state index contributed by atoms with van der Waals surface area (Å²) in [6.45, 7) is 4.78. The number of anilines is 2. The molecule has 7 N–H and O–H groups in total. The highest BCUT2D eigenvalue weighted by Crippen LogP contribution is 2.16. The number of nitrogen functional groups attached to an aromatic ring is 1. The van der Waals surface area contributed by atoms with E-state index in [1.165, 1.54) is 26.4 Å². The minimum atomic E-state index is -3.76. The number of methoxy groups -OCH3 is 2. The second-order valence-corrected chi connectivity index (χ2v) is 13.5. The highest BCUT2D eigenvalue weighted by atomic mass is 32.2. The van der Waals surface area contributed by atoms with Gasteiger partial charge in [-0.3, -0.25) is 13.8 Å². The van der Waals surface area contributed by atoms with Crippen molar-refractivity contribution in [3.05, 3.63) is 88.5 Å². The standard InChI is InChI=1S/C17H26O8S.C14H21NO5.C8H11NO2/c1-15-3-5-16(6-4-15)26(19,20)25-14-13-24-12-11-23-10-9-22-8-7-17(18)21-2;1-19-14(18)2-4-20-5-3-15-13-7-11(9-16)6-12(8-13)10-17;9-8-2-6(4-10)1-7(3-8)5-11/h3-6H,7-14H2,1-2H3;6-8,15-17H,2-5,9-10H2,1H3;1-3,10-11H,4-5,9H2. The highest BCUT2D eigenvalue weighted by Gasteiger charge is 2.14. The van der Waals surface area contributed by atoms with Gasteiger partial charge in [0.1, 0.15) is 0 Å². The summed E-state index contributed by atoms with van der Waals surface area (Å²) in [5.41, 5.74) is 10.8. The first-order chi connectivity index (χ1) is 27.4. The second kappa shape index (κ2) is 30.9. The van der Waals surface area contributed by atoms with Crippen molar-refractivity contribution < 1.29 is 71.0 Å². The van der Waals surface area contributed by atoms with E-state index in [4.69, 9.17) is 49.3 Å². The van der Waals surface area contributed by atoms with Gasteiger partial charge in [-0.25, -0.2) is 0 Å². The molecule has 0 fully saturated rings. The Hall–Kier alpha value is -4.21. The number of aliphatic hydroxyl groups is 4. The van der Waals surface area contributed by atoms with E-state index >= 15 is 0 Å². The van der Waals surface area contributed by atoms with Gasteiger partial charge in [0.05, 0.1) is 118 Å². The van der Waals surface area contributed by atoms with Crippen LogP contribution in [0.4, 0.5) is 11.4 Å². The van der Waals surface area contributed by atoms with E-state index in [-0.39, 0.29) is 69.3 Å². The Kier molecular flexibility index (Phi) is 27.5. The molecule has 0 saturated carbocycles. The number of carbonyl (C=O) groups excluding carboxylic acids is 2. The monoisotopic (exact) mass is 826 g/mol. The third-order valence-corrected chi connectivity index (χ3v) is 8.64. The normalized spacial score (nSPS) is 10.8. The first-order valence-corrected chi connectivity index (χ1v) is 19.4. The number of nitrogens with one attached hydrogen (secondary N) is 1. The highest BCUT2D eigenvalue weighted by molar-refractivity contribution is 7.86. The van der Waals surface area contributed by atoms with Crippen LogP contribution in [-0.4, -0.2) is 121 Å². The predicted octanol–water partition coefficient (Wildman–Crippen LogP) is 2.23. The lowest BCUT2D eigenvalue weighted by Crippen LogP contribution is -2.14. The molecule has 0 bridgehead atoms. The maximum Gasteiger partial charge on any atom is 0.307 e. The molecule has 0 heterocycles. The van der Waals surface area contributed by atoms with Gasteiger partial charge in [0.15, 0.2) is 0 Å². The molecule has 0 atom stereocenters. The molecule has 0 aliphatic carbocycles. The Morgan fingerprint density at radius 3 is 1.44 bits per heavy atom. The smallest absolute Gasteiger partial charge is 0.307 e. The Bertz CT molecular complexity index is 1610. The molecule has 0 aromatic heterocycles. The number of hydrogen-bond donors (Lipinski definition) is 6. The zero-order valence-corrected chi connectivity index (χ0v) is 33.7. The van der Waals surface area contributed by atoms with Gasteiger partial charge in [-0.15, -0.1) is 0 Å². The van der Waals surface area contributed by atoms with Gasteiger partial charge in [0, 0.05) is 17.9 Å². The van der Waals surface area contributed by atoms with Crippen LogP contribution in [0.25, 0.3) is 0 Å². The number of nitrogens with two attached hydrogens (primary N) is 1. The summed E-state index contributed by atoms with van der Waals surface area (Å²) >= 11 is 0. The summed E-state index contributed by atoms with van der Waals surface area (Å²) in [4.78, 5) is 21.8. The maximum absolute atomic E-state index is 11.9. The van der Waals surface area contributed by atoms with Crippen LogP contribution in [0.3, 0.4) is 0 Å². The van der Waals surface area contributed by atoms with Crippen molar-refractivity contribution in [2.75, 3.05) is 91.3 Å². The Balaban J connectivity index is 0.000000461. The second-order valence-electron chi connectivity index (χ2n) is 11.9. The molecule has 0 saturated heterocycles. The molecule has 320 valence electrons. The summed E-state index contributed by atoms with van der Waals surface area (Å²) in [7, 11) is -1.08. The fraction of sp³-hybridized carbons (Fsp3) is 0.487. The number of aliphatic hydroxyl groups excluding tert-OH is 4. The summed E-state index contributed by atoms with van der Waals surface area (Å²) in [6, 6.07) is 16.9. The minimum Gasteiger partial charge on any atom is -0.469 e. The summed E-state index contributed by atoms with van der Waals surface area (Å²) in [5, 5.41) is 38.9. The van der Waals surface area contributed by atoms with Gasteiger partial charge in [-0.2, -0.15) is 8.42 Å². The quantitative estimate of drug-likeness (QED) is 0.0310. The van der Waals surface area contributed by atoms with Crippen molar-refractivity contribution >= 4 is 33.4 Å². The van der Waals surface area contributed by atoms with Crippen molar-refractivity contribution in [1.29, 1.82) is 0 Å². The molecule has 18 heteroatoms. The van der Waals surface area contributed by atoms with Crippen molar-refractivity contribution in [3.8, 4) is 0 Å². The van der Waals surface area contributed by atoms with Crippen LogP contribution < -0.4 is 11.1 Å². The molecule has 57 heavy (non-hydrogen) atoms. The van der Waals surface area contributed by atoms with Crippen molar-refractivity contribution in [2.45, 2.75) is 51.1 Å². The zero-order chi connectivity index (χ0) is 42.3. The van der Waals surface area contributed by atoms with E-state index in [0.29, 0.717) is 58.5 Å². The van der Waals surface area contributed by atoms with Gasteiger partial charge in [-0.1, -0.05) is 29.8 Å². The topological polar surface area (TPSA) is 252 Å². The van der Waals surface area contributed by atoms with Gasteiger partial charge in [0.25, 0.3) is 10.1 Å². The Morgan fingerprint density at radius 2 is 1.00 bits per heavy atom. The number of aryl methyl sites for hydroxylation is 1. The Labute approximate surface area is 334 Å². The van der Waals surface area contributed by atoms with Gasteiger partial charge >= 0.3 is 11.9 Å². The maximum atomic E-state index is 11.9. The van der Waals surface area contributed by atoms with Crippen LogP contribution >= 0.6 is 0 Å². The van der Waals surface area contributed by atoms with Crippen LogP contribution in [-0.2, 0) is 78.7 Å². The first kappa shape index (κ1) is 50.8. The van der Waals surface area contributed by atoms with E-state index in [2.05, 4.69) is 14.8 Å². The molecule has 0 unspecified atom stereocenters. The van der Waals surface area contributed by atoms with Gasteiger partial charge < -0.3 is 59.9 Å². The molecule has 0 aliphatic heterocycles.